The highest BCUT2D eigenvalue weighted by atomic mass is 16.5. The number of amides is 1. The number of likely N-dealkylation sites (N-methyl/N-ethyl adjacent to an activating group) is 1. The van der Waals surface area contributed by atoms with Crippen LogP contribution in [-0.4, -0.2) is 37.0 Å². The molecule has 4 heteroatoms. The summed E-state index contributed by atoms with van der Waals surface area (Å²) in [5.74, 6) is 0.826. The molecule has 2 aromatic rings. The van der Waals surface area contributed by atoms with Crippen molar-refractivity contribution in [3.8, 4) is 5.75 Å². The average Bonchev–Trinajstić information content (AvgIpc) is 3.09. The van der Waals surface area contributed by atoms with Gasteiger partial charge in [0.05, 0.1) is 0 Å². The standard InChI is InChI=1S/C20H24N2O2/c1-21-14-18-10-6-12-22(18)20(23)17-9-5-11-19(13-17)24-15-16-7-3-2-4-8-16/h2-5,7-9,11,13,18,21H,6,10,12,14-15H2,1H3. The number of carbonyl (C=O) groups excluding carboxylic acids is 1. The van der Waals surface area contributed by atoms with Crippen LogP contribution in [0.1, 0.15) is 28.8 Å². The maximum absolute atomic E-state index is 12.8. The SMILES string of the molecule is CNCC1CCCN1C(=O)c1cccc(OCc2ccccc2)c1. The van der Waals surface area contributed by atoms with Gasteiger partial charge in [-0.1, -0.05) is 36.4 Å². The van der Waals surface area contributed by atoms with Crippen molar-refractivity contribution >= 4 is 5.91 Å². The summed E-state index contributed by atoms with van der Waals surface area (Å²) in [6.07, 6.45) is 2.14. The molecule has 1 saturated heterocycles. The number of nitrogens with zero attached hydrogens (tertiary/aromatic N) is 1. The second kappa shape index (κ2) is 7.97. The second-order valence-electron chi connectivity index (χ2n) is 6.15. The summed E-state index contributed by atoms with van der Waals surface area (Å²) in [5.41, 5.74) is 1.81. The summed E-state index contributed by atoms with van der Waals surface area (Å²) in [6.45, 7) is 2.18. The van der Waals surface area contributed by atoms with E-state index in [1.807, 2.05) is 66.5 Å². The third kappa shape index (κ3) is 3.95. The fourth-order valence-corrected chi connectivity index (χ4v) is 3.18. The lowest BCUT2D eigenvalue weighted by atomic mass is 10.1. The van der Waals surface area contributed by atoms with Gasteiger partial charge in [0.15, 0.2) is 0 Å². The Morgan fingerprint density at radius 1 is 1.21 bits per heavy atom. The lowest BCUT2D eigenvalue weighted by molar-refractivity contribution is 0.0736. The van der Waals surface area contributed by atoms with Gasteiger partial charge >= 0.3 is 0 Å². The molecule has 1 heterocycles. The third-order valence-corrected chi connectivity index (χ3v) is 4.41. The normalized spacial score (nSPS) is 17.0. The minimum absolute atomic E-state index is 0.0953. The number of hydrogen-bond donors (Lipinski definition) is 1. The third-order valence-electron chi connectivity index (χ3n) is 4.41. The Hall–Kier alpha value is -2.33. The van der Waals surface area contributed by atoms with E-state index in [0.29, 0.717) is 12.2 Å². The number of carbonyl (C=O) groups is 1. The summed E-state index contributed by atoms with van der Waals surface area (Å²) in [6, 6.07) is 17.8. The summed E-state index contributed by atoms with van der Waals surface area (Å²) < 4.78 is 5.84. The lowest BCUT2D eigenvalue weighted by Crippen LogP contribution is -2.40. The van der Waals surface area contributed by atoms with Crippen LogP contribution in [0, 0.1) is 0 Å². The molecular formula is C20H24N2O2. The highest BCUT2D eigenvalue weighted by Gasteiger charge is 2.28. The molecule has 0 bridgehead atoms. The van der Waals surface area contributed by atoms with Gasteiger partial charge in [0.1, 0.15) is 12.4 Å². The maximum atomic E-state index is 12.8. The van der Waals surface area contributed by atoms with Crippen molar-refractivity contribution in [2.45, 2.75) is 25.5 Å². The van der Waals surface area contributed by atoms with Gasteiger partial charge in [-0.3, -0.25) is 4.79 Å². The van der Waals surface area contributed by atoms with E-state index in [1.165, 1.54) is 0 Å². The summed E-state index contributed by atoms with van der Waals surface area (Å²) in [5, 5.41) is 3.18. The topological polar surface area (TPSA) is 41.6 Å². The molecule has 0 spiro atoms. The molecule has 4 nitrogen and oxygen atoms in total. The largest absolute Gasteiger partial charge is 0.489 e. The zero-order chi connectivity index (χ0) is 16.8. The smallest absolute Gasteiger partial charge is 0.254 e. The molecule has 24 heavy (non-hydrogen) atoms. The molecule has 1 N–H and O–H groups in total. The summed E-state index contributed by atoms with van der Waals surface area (Å²) in [4.78, 5) is 14.8. The van der Waals surface area contributed by atoms with Gasteiger partial charge in [-0.2, -0.15) is 0 Å². The molecule has 1 unspecified atom stereocenters. The molecule has 1 fully saturated rings. The molecule has 0 aliphatic carbocycles. The van der Waals surface area contributed by atoms with Crippen molar-refractivity contribution in [1.82, 2.24) is 10.2 Å². The van der Waals surface area contributed by atoms with Crippen LogP contribution in [0.2, 0.25) is 0 Å². The number of benzene rings is 2. The van der Waals surface area contributed by atoms with E-state index >= 15 is 0 Å². The van der Waals surface area contributed by atoms with E-state index in [9.17, 15) is 4.79 Å². The first-order valence-electron chi connectivity index (χ1n) is 8.50. The van der Waals surface area contributed by atoms with Crippen LogP contribution in [0.4, 0.5) is 0 Å². The van der Waals surface area contributed by atoms with Crippen molar-refractivity contribution in [2.24, 2.45) is 0 Å². The first-order chi connectivity index (χ1) is 11.8. The number of nitrogens with one attached hydrogen (secondary N) is 1. The second-order valence-corrected chi connectivity index (χ2v) is 6.15. The van der Waals surface area contributed by atoms with Gasteiger partial charge in [-0.05, 0) is 43.7 Å². The number of ether oxygens (including phenoxy) is 1. The molecule has 1 atom stereocenters. The fourth-order valence-electron chi connectivity index (χ4n) is 3.18. The van der Waals surface area contributed by atoms with Crippen LogP contribution in [0.3, 0.4) is 0 Å². The molecule has 1 amide bonds. The Kier molecular flexibility index (Phi) is 5.49. The minimum atomic E-state index is 0.0953. The molecule has 2 aromatic carbocycles. The molecule has 1 aliphatic heterocycles. The highest BCUT2D eigenvalue weighted by Crippen LogP contribution is 2.22. The number of hydrogen-bond acceptors (Lipinski definition) is 3. The minimum Gasteiger partial charge on any atom is -0.489 e. The molecule has 126 valence electrons. The predicted octanol–water partition coefficient (Wildman–Crippen LogP) is 3.09. The van der Waals surface area contributed by atoms with Gasteiger partial charge in [0.25, 0.3) is 5.91 Å². The van der Waals surface area contributed by atoms with Crippen LogP contribution in [-0.2, 0) is 6.61 Å². The van der Waals surface area contributed by atoms with Crippen molar-refractivity contribution in [3.63, 3.8) is 0 Å². The predicted molar refractivity (Wildman–Crippen MR) is 95.2 cm³/mol. The van der Waals surface area contributed by atoms with Crippen molar-refractivity contribution in [1.29, 1.82) is 0 Å². The molecule has 3 rings (SSSR count). The quantitative estimate of drug-likeness (QED) is 0.888. The van der Waals surface area contributed by atoms with Gasteiger partial charge in [0, 0.05) is 24.7 Å². The van der Waals surface area contributed by atoms with Crippen LogP contribution < -0.4 is 10.1 Å². The van der Waals surface area contributed by atoms with E-state index in [1.54, 1.807) is 0 Å². The first kappa shape index (κ1) is 16.5. The van der Waals surface area contributed by atoms with Crippen LogP contribution in [0.5, 0.6) is 5.75 Å². The molecular weight excluding hydrogens is 300 g/mol. The van der Waals surface area contributed by atoms with E-state index in [0.717, 1.165) is 37.2 Å². The first-order valence-corrected chi connectivity index (χ1v) is 8.50. The monoisotopic (exact) mass is 324 g/mol. The lowest BCUT2D eigenvalue weighted by Gasteiger charge is -2.24. The Morgan fingerprint density at radius 3 is 2.83 bits per heavy atom. The van der Waals surface area contributed by atoms with Crippen LogP contribution >= 0.6 is 0 Å². The van der Waals surface area contributed by atoms with Crippen molar-refractivity contribution < 1.29 is 9.53 Å². The maximum Gasteiger partial charge on any atom is 0.254 e. The highest BCUT2D eigenvalue weighted by molar-refractivity contribution is 5.95. The van der Waals surface area contributed by atoms with Crippen molar-refractivity contribution in [2.75, 3.05) is 20.1 Å². The van der Waals surface area contributed by atoms with Gasteiger partial charge in [-0.25, -0.2) is 0 Å². The van der Waals surface area contributed by atoms with E-state index < -0.39 is 0 Å². The number of rotatable bonds is 6. The van der Waals surface area contributed by atoms with Gasteiger partial charge in [-0.15, -0.1) is 0 Å². The average molecular weight is 324 g/mol. The van der Waals surface area contributed by atoms with Crippen LogP contribution in [0.25, 0.3) is 0 Å². The summed E-state index contributed by atoms with van der Waals surface area (Å²) >= 11 is 0. The number of likely N-dealkylation sites (tertiary alicyclic amines) is 1. The summed E-state index contributed by atoms with van der Waals surface area (Å²) in [7, 11) is 1.93. The molecule has 0 radical (unpaired) electrons. The zero-order valence-corrected chi connectivity index (χ0v) is 14.1. The fraction of sp³-hybridized carbons (Fsp3) is 0.350. The molecule has 0 saturated carbocycles. The van der Waals surface area contributed by atoms with Crippen molar-refractivity contribution in [3.05, 3.63) is 65.7 Å². The Morgan fingerprint density at radius 2 is 2.04 bits per heavy atom. The Balaban J connectivity index is 1.67. The van der Waals surface area contributed by atoms with Gasteiger partial charge in [0.2, 0.25) is 0 Å². The molecule has 1 aliphatic rings. The molecule has 0 aromatic heterocycles. The van der Waals surface area contributed by atoms with E-state index in [-0.39, 0.29) is 11.9 Å². The van der Waals surface area contributed by atoms with E-state index in [4.69, 9.17) is 4.74 Å². The van der Waals surface area contributed by atoms with Gasteiger partial charge < -0.3 is 15.0 Å². The Labute approximate surface area is 143 Å². The zero-order valence-electron chi connectivity index (χ0n) is 14.1. The van der Waals surface area contributed by atoms with E-state index in [2.05, 4.69) is 5.32 Å². The van der Waals surface area contributed by atoms with Crippen LogP contribution in [0.15, 0.2) is 54.6 Å². The Bertz CT molecular complexity index is 672.